The molecule has 0 radical (unpaired) electrons. The van der Waals surface area contributed by atoms with E-state index < -0.39 is 17.7 Å². The molecule has 0 unspecified atom stereocenters. The third-order valence-electron chi connectivity index (χ3n) is 7.46. The number of carbonyl (C=O) groups is 1. The van der Waals surface area contributed by atoms with Gasteiger partial charge in [0.05, 0.1) is 35.4 Å². The highest BCUT2D eigenvalue weighted by Crippen LogP contribution is 2.42. The van der Waals surface area contributed by atoms with Gasteiger partial charge < -0.3 is 24.2 Å². The summed E-state index contributed by atoms with van der Waals surface area (Å²) in [6.45, 7) is 11.2. The Hall–Kier alpha value is -3.56. The molecule has 0 aliphatic carbocycles. The summed E-state index contributed by atoms with van der Waals surface area (Å²) in [5, 5.41) is 10.3. The summed E-state index contributed by atoms with van der Waals surface area (Å²) >= 11 is 0. The number of methoxy groups -OCH3 is 1. The number of hydrogen-bond donors (Lipinski definition) is 1. The number of hydrogen-bond acceptors (Lipinski definition) is 7. The number of carboxylic acid groups (broad SMARTS) is 1. The van der Waals surface area contributed by atoms with Crippen molar-refractivity contribution in [2.45, 2.75) is 71.2 Å². The van der Waals surface area contributed by atoms with Crippen molar-refractivity contribution in [1.29, 1.82) is 0 Å². The number of rotatable bonds is 10. The molecule has 1 fully saturated rings. The molecule has 1 atom stereocenters. The second kappa shape index (κ2) is 12.5. The fraction of sp³-hybridized carbons (Fsp3) is 0.469. The highest BCUT2D eigenvalue weighted by Gasteiger charge is 2.37. The van der Waals surface area contributed by atoms with Gasteiger partial charge in [-0.05, 0) is 77.3 Å². The molecule has 1 aromatic carbocycles. The first-order valence-electron chi connectivity index (χ1n) is 13.9. The molecular weight excluding hydrogens is 525 g/mol. The average Bonchev–Trinajstić information content (AvgIpc) is 2.93. The smallest absolute Gasteiger partial charge is 0.337 e. The van der Waals surface area contributed by atoms with Crippen LogP contribution in [0.3, 0.4) is 0 Å². The molecule has 4 rings (SSSR count). The molecule has 0 saturated carbocycles. The number of benzene rings is 1. The number of pyridine rings is 2. The summed E-state index contributed by atoms with van der Waals surface area (Å²) in [7, 11) is 1.73. The largest absolute Gasteiger partial charge is 0.492 e. The van der Waals surface area contributed by atoms with Gasteiger partial charge in [0.15, 0.2) is 6.10 Å². The minimum absolute atomic E-state index is 0.238. The van der Waals surface area contributed by atoms with E-state index >= 15 is 0 Å². The van der Waals surface area contributed by atoms with Crippen LogP contribution in [-0.2, 0) is 20.7 Å². The number of anilines is 1. The zero-order chi connectivity index (χ0) is 29.8. The van der Waals surface area contributed by atoms with Gasteiger partial charge in [-0.3, -0.25) is 9.97 Å². The fourth-order valence-electron chi connectivity index (χ4n) is 5.01. The number of aliphatic carboxylic acids is 1. The number of piperidine rings is 1. The van der Waals surface area contributed by atoms with E-state index in [-0.39, 0.29) is 11.4 Å². The number of nitrogens with zero attached hydrogens (tertiary/aromatic N) is 3. The molecule has 9 heteroatoms. The summed E-state index contributed by atoms with van der Waals surface area (Å²) in [6.07, 6.45) is 4.42. The number of aromatic nitrogens is 2. The third-order valence-corrected chi connectivity index (χ3v) is 7.46. The van der Waals surface area contributed by atoms with Gasteiger partial charge in [-0.25, -0.2) is 9.18 Å². The van der Waals surface area contributed by atoms with Crippen LogP contribution in [0.1, 0.15) is 63.5 Å². The van der Waals surface area contributed by atoms with Gasteiger partial charge in [0.2, 0.25) is 0 Å². The molecule has 3 heterocycles. The Balaban J connectivity index is 1.67. The first-order valence-corrected chi connectivity index (χ1v) is 13.9. The van der Waals surface area contributed by atoms with E-state index in [1.165, 1.54) is 12.1 Å². The lowest BCUT2D eigenvalue weighted by Gasteiger charge is -2.41. The van der Waals surface area contributed by atoms with Gasteiger partial charge >= 0.3 is 5.97 Å². The van der Waals surface area contributed by atoms with Gasteiger partial charge in [-0.1, -0.05) is 12.1 Å². The molecule has 1 N–H and O–H groups in total. The Morgan fingerprint density at radius 3 is 2.34 bits per heavy atom. The van der Waals surface area contributed by atoms with Crippen LogP contribution >= 0.6 is 0 Å². The van der Waals surface area contributed by atoms with Crippen molar-refractivity contribution >= 4 is 11.7 Å². The maximum Gasteiger partial charge on any atom is 0.337 e. The van der Waals surface area contributed by atoms with E-state index in [4.69, 9.17) is 14.2 Å². The maximum atomic E-state index is 13.2. The van der Waals surface area contributed by atoms with E-state index in [2.05, 4.69) is 21.8 Å². The van der Waals surface area contributed by atoms with Gasteiger partial charge in [0.25, 0.3) is 0 Å². The molecule has 1 aliphatic rings. The number of ether oxygens (including phenoxy) is 3. The van der Waals surface area contributed by atoms with E-state index in [1.807, 2.05) is 39.8 Å². The van der Waals surface area contributed by atoms with Crippen LogP contribution in [0, 0.1) is 12.7 Å². The lowest BCUT2D eigenvalue weighted by Crippen LogP contribution is -2.44. The quantitative estimate of drug-likeness (QED) is 0.313. The summed E-state index contributed by atoms with van der Waals surface area (Å²) in [6, 6.07) is 10.1. The molecule has 0 amide bonds. The predicted octanol–water partition coefficient (Wildman–Crippen LogP) is 6.16. The molecule has 1 aliphatic heterocycles. The number of carboxylic acids is 1. The first-order chi connectivity index (χ1) is 19.4. The SMILES string of the molecule is COC1(C)CCN(c2c(-c3ccc(OCCc4ccc(F)cc4)cn3)cnc(C)c2[C@H](OC(C)(C)C)C(=O)O)CC1. The Labute approximate surface area is 241 Å². The minimum Gasteiger partial charge on any atom is -0.492 e. The standard InChI is InChI=1S/C32H40FN3O5/c1-21-27(29(30(37)38)41-31(2,3)4)28(36-16-14-32(5,39-6)15-17-36)25(20-34-21)26-12-11-24(19-35-26)40-18-13-22-7-9-23(33)10-8-22/h7-12,19-20,29H,13-18H2,1-6H3,(H,37,38)/t29-/m0/s1. The van der Waals surface area contributed by atoms with E-state index in [0.717, 1.165) is 29.7 Å². The van der Waals surface area contributed by atoms with Crippen LogP contribution in [0.25, 0.3) is 11.3 Å². The first kappa shape index (κ1) is 30.4. The zero-order valence-electron chi connectivity index (χ0n) is 24.7. The third kappa shape index (κ3) is 7.59. The predicted molar refractivity (Wildman–Crippen MR) is 156 cm³/mol. The molecule has 0 bridgehead atoms. The van der Waals surface area contributed by atoms with E-state index in [0.29, 0.717) is 48.8 Å². The van der Waals surface area contributed by atoms with Crippen molar-refractivity contribution in [3.63, 3.8) is 0 Å². The molecule has 0 spiro atoms. The lowest BCUT2D eigenvalue weighted by atomic mass is 9.91. The molecule has 3 aromatic rings. The summed E-state index contributed by atoms with van der Waals surface area (Å²) in [5.74, 6) is -0.731. The molecule has 1 saturated heterocycles. The normalized spacial score (nSPS) is 15.9. The van der Waals surface area contributed by atoms with Crippen LogP contribution in [0.15, 0.2) is 48.8 Å². The second-order valence-corrected chi connectivity index (χ2v) is 11.7. The van der Waals surface area contributed by atoms with Crippen molar-refractivity contribution in [2.75, 3.05) is 31.7 Å². The summed E-state index contributed by atoms with van der Waals surface area (Å²) < 4.78 is 30.9. The monoisotopic (exact) mass is 565 g/mol. The minimum atomic E-state index is -1.21. The summed E-state index contributed by atoms with van der Waals surface area (Å²) in [5.41, 5.74) is 3.34. The molecule has 220 valence electrons. The number of aryl methyl sites for hydroxylation is 1. The zero-order valence-corrected chi connectivity index (χ0v) is 24.7. The van der Waals surface area contributed by atoms with Crippen LogP contribution in [0.2, 0.25) is 0 Å². The Morgan fingerprint density at radius 2 is 1.78 bits per heavy atom. The van der Waals surface area contributed by atoms with E-state index in [1.54, 1.807) is 31.6 Å². The van der Waals surface area contributed by atoms with Crippen LogP contribution in [0.4, 0.5) is 10.1 Å². The average molecular weight is 566 g/mol. The Bertz CT molecular complexity index is 1330. The highest BCUT2D eigenvalue weighted by atomic mass is 19.1. The van der Waals surface area contributed by atoms with Crippen molar-refractivity contribution in [3.8, 4) is 17.0 Å². The maximum absolute atomic E-state index is 13.2. The molecular formula is C32H40FN3O5. The topological polar surface area (TPSA) is 94.0 Å². The van der Waals surface area contributed by atoms with Gasteiger partial charge in [-0.2, -0.15) is 0 Å². The van der Waals surface area contributed by atoms with Crippen LogP contribution in [0.5, 0.6) is 5.75 Å². The van der Waals surface area contributed by atoms with Crippen molar-refractivity contribution in [1.82, 2.24) is 9.97 Å². The molecule has 2 aromatic heterocycles. The Morgan fingerprint density at radius 1 is 1.10 bits per heavy atom. The van der Waals surface area contributed by atoms with Crippen molar-refractivity contribution in [2.24, 2.45) is 0 Å². The van der Waals surface area contributed by atoms with Gasteiger partial charge in [0.1, 0.15) is 11.6 Å². The highest BCUT2D eigenvalue weighted by molar-refractivity contribution is 5.85. The van der Waals surface area contributed by atoms with Gasteiger partial charge in [-0.15, -0.1) is 0 Å². The fourth-order valence-corrected chi connectivity index (χ4v) is 5.01. The molecule has 41 heavy (non-hydrogen) atoms. The number of halogens is 1. The van der Waals surface area contributed by atoms with Crippen molar-refractivity contribution in [3.05, 3.63) is 71.4 Å². The van der Waals surface area contributed by atoms with Crippen LogP contribution in [-0.4, -0.2) is 59.1 Å². The molecule has 8 nitrogen and oxygen atoms in total. The second-order valence-electron chi connectivity index (χ2n) is 11.7. The van der Waals surface area contributed by atoms with E-state index in [9.17, 15) is 14.3 Å². The van der Waals surface area contributed by atoms with Crippen LogP contribution < -0.4 is 9.64 Å². The lowest BCUT2D eigenvalue weighted by molar-refractivity contribution is -0.160. The van der Waals surface area contributed by atoms with Crippen molar-refractivity contribution < 1.29 is 28.5 Å². The van der Waals surface area contributed by atoms with Gasteiger partial charge in [0, 0.05) is 49.6 Å². The Kier molecular flexibility index (Phi) is 9.29. The summed E-state index contributed by atoms with van der Waals surface area (Å²) in [4.78, 5) is 24.1.